The fourth-order valence-electron chi connectivity index (χ4n) is 3.55. The van der Waals surface area contributed by atoms with Crippen LogP contribution in [0.2, 0.25) is 0 Å². The van der Waals surface area contributed by atoms with E-state index in [2.05, 4.69) is 9.88 Å². The number of amides is 1. The molecule has 25 heavy (non-hydrogen) atoms. The van der Waals surface area contributed by atoms with Crippen molar-refractivity contribution >= 4 is 16.8 Å². The molecule has 6 heteroatoms. The molecule has 134 valence electrons. The molecule has 1 aliphatic rings. The summed E-state index contributed by atoms with van der Waals surface area (Å²) < 4.78 is 5.20. The molecule has 0 bridgehead atoms. The van der Waals surface area contributed by atoms with E-state index in [1.165, 1.54) is 0 Å². The minimum atomic E-state index is -0.0784. The van der Waals surface area contributed by atoms with E-state index in [1.807, 2.05) is 43.1 Å². The fraction of sp³-hybridized carbons (Fsp3) is 0.474. The quantitative estimate of drug-likeness (QED) is 0.869. The van der Waals surface area contributed by atoms with Crippen molar-refractivity contribution in [3.63, 3.8) is 0 Å². The lowest BCUT2D eigenvalue weighted by Crippen LogP contribution is -2.30. The third-order valence-corrected chi connectivity index (χ3v) is 4.82. The zero-order valence-electron chi connectivity index (χ0n) is 15.0. The number of likely N-dealkylation sites (tertiary alicyclic amines) is 1. The van der Waals surface area contributed by atoms with Crippen molar-refractivity contribution in [2.75, 3.05) is 33.8 Å². The molecule has 0 aliphatic carbocycles. The van der Waals surface area contributed by atoms with Crippen molar-refractivity contribution < 1.29 is 9.53 Å². The summed E-state index contributed by atoms with van der Waals surface area (Å²) in [5.41, 5.74) is 1.43. The molecule has 2 heterocycles. The van der Waals surface area contributed by atoms with Gasteiger partial charge in [0.2, 0.25) is 5.91 Å². The molecule has 1 aromatic carbocycles. The van der Waals surface area contributed by atoms with Crippen LogP contribution in [-0.2, 0) is 11.3 Å². The number of ether oxygens (including phenoxy) is 1. The van der Waals surface area contributed by atoms with Crippen molar-refractivity contribution in [3.05, 3.63) is 40.2 Å². The minimum absolute atomic E-state index is 0.0784. The number of H-pyrrole nitrogens is 1. The van der Waals surface area contributed by atoms with Gasteiger partial charge in [-0.15, -0.1) is 0 Å². The third kappa shape index (κ3) is 3.85. The van der Waals surface area contributed by atoms with Crippen molar-refractivity contribution in [2.45, 2.75) is 19.9 Å². The molecule has 0 saturated carbocycles. The summed E-state index contributed by atoms with van der Waals surface area (Å²) in [5, 5.41) is 0.983. The van der Waals surface area contributed by atoms with E-state index in [4.69, 9.17) is 4.74 Å². The Balaban J connectivity index is 1.71. The van der Waals surface area contributed by atoms with Crippen LogP contribution >= 0.6 is 0 Å². The lowest BCUT2D eigenvalue weighted by Gasteiger charge is -2.21. The van der Waals surface area contributed by atoms with Crippen LogP contribution < -0.4 is 10.3 Å². The molecule has 1 aromatic heterocycles. The summed E-state index contributed by atoms with van der Waals surface area (Å²) in [5.74, 6) is 1.29. The lowest BCUT2D eigenvalue weighted by atomic mass is 10.1. The maximum atomic E-state index is 12.4. The molecule has 6 nitrogen and oxygen atoms in total. The molecule has 0 unspecified atom stereocenters. The molecule has 1 fully saturated rings. The number of hydrogen-bond donors (Lipinski definition) is 1. The molecule has 0 radical (unpaired) electrons. The van der Waals surface area contributed by atoms with E-state index in [1.54, 1.807) is 7.11 Å². The summed E-state index contributed by atoms with van der Waals surface area (Å²) in [7, 11) is 3.60. The molecule has 1 saturated heterocycles. The number of aromatic nitrogens is 1. The molecule has 0 spiro atoms. The number of methoxy groups -OCH3 is 1. The first-order valence-electron chi connectivity index (χ1n) is 8.66. The van der Waals surface area contributed by atoms with E-state index in [-0.39, 0.29) is 11.5 Å². The van der Waals surface area contributed by atoms with E-state index in [0.717, 1.165) is 41.9 Å². The number of nitrogens with one attached hydrogen (secondary N) is 1. The van der Waals surface area contributed by atoms with Crippen LogP contribution in [0.4, 0.5) is 0 Å². The van der Waals surface area contributed by atoms with E-state index in [0.29, 0.717) is 18.9 Å². The van der Waals surface area contributed by atoms with Crippen LogP contribution in [0.1, 0.15) is 18.9 Å². The number of pyridine rings is 1. The van der Waals surface area contributed by atoms with Gasteiger partial charge in [-0.1, -0.05) is 0 Å². The second-order valence-corrected chi connectivity index (χ2v) is 6.78. The van der Waals surface area contributed by atoms with Gasteiger partial charge >= 0.3 is 0 Å². The summed E-state index contributed by atoms with van der Waals surface area (Å²) in [6.07, 6.45) is 0.603. The molecule has 1 N–H and O–H groups in total. The van der Waals surface area contributed by atoms with E-state index in [9.17, 15) is 9.59 Å². The zero-order valence-corrected chi connectivity index (χ0v) is 15.0. The highest BCUT2D eigenvalue weighted by Gasteiger charge is 2.29. The number of fused-ring (bicyclic) bond motifs is 1. The predicted octanol–water partition coefficient (Wildman–Crippen LogP) is 1.84. The van der Waals surface area contributed by atoms with Crippen molar-refractivity contribution in [1.29, 1.82) is 0 Å². The monoisotopic (exact) mass is 343 g/mol. The number of carbonyl (C=O) groups is 1. The number of benzene rings is 1. The standard InChI is InChI=1S/C19H25N3O3/c1-4-22-11-13(7-18(22)23)10-21(2)12-15-8-14-5-6-16(25-3)9-17(14)20-19(15)24/h5-6,8-9,13H,4,7,10-12H2,1-3H3,(H,20,24)/t13-/m1/s1. The maximum Gasteiger partial charge on any atom is 0.252 e. The van der Waals surface area contributed by atoms with Crippen LogP contribution in [0.25, 0.3) is 10.9 Å². The smallest absolute Gasteiger partial charge is 0.252 e. The maximum absolute atomic E-state index is 12.4. The van der Waals surface area contributed by atoms with Crippen LogP contribution in [0, 0.1) is 5.92 Å². The van der Waals surface area contributed by atoms with Gasteiger partial charge in [0.15, 0.2) is 0 Å². The first-order valence-corrected chi connectivity index (χ1v) is 8.66. The summed E-state index contributed by atoms with van der Waals surface area (Å²) >= 11 is 0. The number of nitrogens with zero attached hydrogens (tertiary/aromatic N) is 2. The van der Waals surface area contributed by atoms with Crippen molar-refractivity contribution in [2.24, 2.45) is 5.92 Å². The molecule has 1 atom stereocenters. The van der Waals surface area contributed by atoms with E-state index >= 15 is 0 Å². The third-order valence-electron chi connectivity index (χ3n) is 4.82. The number of aromatic amines is 1. The highest BCUT2D eigenvalue weighted by Crippen LogP contribution is 2.20. The average molecular weight is 343 g/mol. The van der Waals surface area contributed by atoms with Gasteiger partial charge in [-0.25, -0.2) is 0 Å². The van der Waals surface area contributed by atoms with Crippen LogP contribution in [0.5, 0.6) is 5.75 Å². The minimum Gasteiger partial charge on any atom is -0.497 e. The molecule has 2 aromatic rings. The Morgan fingerprint density at radius 1 is 1.32 bits per heavy atom. The lowest BCUT2D eigenvalue weighted by molar-refractivity contribution is -0.127. The number of carbonyl (C=O) groups excluding carboxylic acids is 1. The Morgan fingerprint density at radius 2 is 2.12 bits per heavy atom. The van der Waals surface area contributed by atoms with Gasteiger partial charge in [-0.3, -0.25) is 9.59 Å². The van der Waals surface area contributed by atoms with Gasteiger partial charge in [-0.2, -0.15) is 0 Å². The molecule has 1 amide bonds. The Hall–Kier alpha value is -2.34. The number of hydrogen-bond acceptors (Lipinski definition) is 4. The zero-order chi connectivity index (χ0) is 18.0. The number of rotatable bonds is 6. The SMILES string of the molecule is CCN1C[C@@H](CN(C)Cc2cc3ccc(OC)cc3[nH]c2=O)CC1=O. The predicted molar refractivity (Wildman–Crippen MR) is 97.8 cm³/mol. The highest BCUT2D eigenvalue weighted by atomic mass is 16.5. The topological polar surface area (TPSA) is 65.6 Å². The molecular formula is C19H25N3O3. The van der Waals surface area contributed by atoms with Gasteiger partial charge in [-0.05, 0) is 43.5 Å². The second-order valence-electron chi connectivity index (χ2n) is 6.78. The Labute approximate surface area is 147 Å². The van der Waals surface area contributed by atoms with Crippen molar-refractivity contribution in [1.82, 2.24) is 14.8 Å². The van der Waals surface area contributed by atoms with Gasteiger partial charge in [0.05, 0.1) is 12.6 Å². The van der Waals surface area contributed by atoms with Gasteiger partial charge in [0.25, 0.3) is 5.56 Å². The summed E-state index contributed by atoms with van der Waals surface area (Å²) in [6, 6.07) is 7.59. The van der Waals surface area contributed by atoms with Crippen molar-refractivity contribution in [3.8, 4) is 5.75 Å². The first-order chi connectivity index (χ1) is 12.0. The van der Waals surface area contributed by atoms with Gasteiger partial charge in [0.1, 0.15) is 5.75 Å². The Kier molecular flexibility index (Phi) is 5.08. The van der Waals surface area contributed by atoms with Crippen LogP contribution in [0.3, 0.4) is 0 Å². The normalized spacial score (nSPS) is 17.7. The average Bonchev–Trinajstić information content (AvgIpc) is 2.94. The second kappa shape index (κ2) is 7.27. The Morgan fingerprint density at radius 3 is 2.80 bits per heavy atom. The largest absolute Gasteiger partial charge is 0.497 e. The summed E-state index contributed by atoms with van der Waals surface area (Å²) in [6.45, 7) is 4.96. The van der Waals surface area contributed by atoms with Gasteiger partial charge in [0, 0.05) is 44.2 Å². The fourth-order valence-corrected chi connectivity index (χ4v) is 3.55. The molecule has 3 rings (SSSR count). The highest BCUT2D eigenvalue weighted by molar-refractivity contribution is 5.80. The van der Waals surface area contributed by atoms with Crippen LogP contribution in [0.15, 0.2) is 29.1 Å². The van der Waals surface area contributed by atoms with Gasteiger partial charge < -0.3 is 19.5 Å². The Bertz CT molecular complexity index is 830. The first kappa shape index (κ1) is 17.5. The van der Waals surface area contributed by atoms with Crippen LogP contribution in [-0.4, -0.2) is 54.5 Å². The molecular weight excluding hydrogens is 318 g/mol. The van der Waals surface area contributed by atoms with E-state index < -0.39 is 0 Å². The summed E-state index contributed by atoms with van der Waals surface area (Å²) in [4.78, 5) is 31.2. The molecule has 1 aliphatic heterocycles.